The van der Waals surface area contributed by atoms with Crippen LogP contribution in [-0.4, -0.2) is 22.5 Å². The van der Waals surface area contributed by atoms with E-state index < -0.39 is 0 Å². The van der Waals surface area contributed by atoms with Gasteiger partial charge < -0.3 is 5.32 Å². The zero-order valence-corrected chi connectivity index (χ0v) is 4.30. The molecule has 0 rings (SSSR count). The molecule has 31 valence electrons. The number of hydrogen-bond donors (Lipinski definition) is 1. The molecule has 0 aromatic carbocycles. The molecule has 0 atom stereocenters. The van der Waals surface area contributed by atoms with Crippen molar-refractivity contribution in [3.8, 4) is 0 Å². The van der Waals surface area contributed by atoms with Gasteiger partial charge in [0.1, 0.15) is 0 Å². The fraction of sp³-hybridized carbons (Fsp3) is 1.00. The first-order valence-electron chi connectivity index (χ1n) is 1.00. The maximum atomic E-state index is 2.75. The summed E-state index contributed by atoms with van der Waals surface area (Å²) in [6.45, 7) is 0. The Bertz CT molecular complexity index is 9.61. The molecule has 3 heteroatoms. The Kier molecular flexibility index (Phi) is 101. The minimum Gasteiger partial charge on any atom is -0.323 e. The van der Waals surface area contributed by atoms with Gasteiger partial charge in [-0.1, -0.05) is 0 Å². The number of hydrogen-bond acceptors (Lipinski definition) is 1. The molecule has 0 aliphatic rings. The first kappa shape index (κ1) is 18.5. The molecule has 0 aliphatic heterocycles. The lowest BCUT2D eigenvalue weighted by Gasteiger charge is -1.59. The largest absolute Gasteiger partial charge is 0.323 e. The smallest absolute Gasteiger partial charge is 0 e. The van der Waals surface area contributed by atoms with Crippen molar-refractivity contribution < 1.29 is 0 Å². The standard InChI is InChI=1S/C2H7N.B.ClH/c1-3-2;;/h3H,1-2H3;;1H. The highest BCUT2D eigenvalue weighted by atomic mass is 35.5. The molecule has 0 saturated carbocycles. The third-order valence-electron chi connectivity index (χ3n) is 0. The molecule has 1 nitrogen and oxygen atoms in total. The molecule has 0 saturated heterocycles. The molecule has 3 radical (unpaired) electrons. The first-order valence-corrected chi connectivity index (χ1v) is 1.00. The Morgan fingerprint density at radius 1 is 1.20 bits per heavy atom. The fourth-order valence-corrected chi connectivity index (χ4v) is 0. The first-order chi connectivity index (χ1) is 1.41. The molecule has 0 aromatic rings. The van der Waals surface area contributed by atoms with Gasteiger partial charge in [0.15, 0.2) is 0 Å². The van der Waals surface area contributed by atoms with Gasteiger partial charge in [0.2, 0.25) is 0 Å². The third kappa shape index (κ3) is 233. The second-order valence-corrected chi connectivity index (χ2v) is 0.500. The average Bonchev–Trinajstić information content (AvgIpc) is 0.918. The second-order valence-electron chi connectivity index (χ2n) is 0.500. The van der Waals surface area contributed by atoms with Crippen molar-refractivity contribution >= 4 is 20.8 Å². The van der Waals surface area contributed by atoms with Gasteiger partial charge in [-0.15, -0.1) is 12.4 Å². The highest BCUT2D eigenvalue weighted by molar-refractivity contribution is 5.85. The summed E-state index contributed by atoms with van der Waals surface area (Å²) >= 11 is 0. The molecule has 0 unspecified atom stereocenters. The van der Waals surface area contributed by atoms with Crippen LogP contribution in [0.3, 0.4) is 0 Å². The van der Waals surface area contributed by atoms with Gasteiger partial charge in [0, 0.05) is 8.41 Å². The Morgan fingerprint density at radius 3 is 1.20 bits per heavy atom. The summed E-state index contributed by atoms with van der Waals surface area (Å²) in [5, 5.41) is 2.75. The van der Waals surface area contributed by atoms with E-state index in [1.54, 1.807) is 0 Å². The molecule has 0 aliphatic carbocycles. The van der Waals surface area contributed by atoms with Crippen molar-refractivity contribution in [3.05, 3.63) is 0 Å². The minimum absolute atomic E-state index is 0. The van der Waals surface area contributed by atoms with Gasteiger partial charge in [-0.3, -0.25) is 0 Å². The average molecular weight is 92.4 g/mol. The molecule has 0 bridgehead atoms. The summed E-state index contributed by atoms with van der Waals surface area (Å²) in [4.78, 5) is 0. The van der Waals surface area contributed by atoms with E-state index in [1.165, 1.54) is 0 Å². The number of halogens is 1. The molecular formula is C2H8BClN. The third-order valence-corrected chi connectivity index (χ3v) is 0. The lowest BCUT2D eigenvalue weighted by molar-refractivity contribution is 1.02. The maximum Gasteiger partial charge on any atom is 0 e. The highest BCUT2D eigenvalue weighted by Gasteiger charge is 1.25. The fourth-order valence-electron chi connectivity index (χ4n) is 0. The van der Waals surface area contributed by atoms with Crippen LogP contribution in [0.25, 0.3) is 0 Å². The van der Waals surface area contributed by atoms with Crippen molar-refractivity contribution in [2.45, 2.75) is 0 Å². The van der Waals surface area contributed by atoms with Gasteiger partial charge in [0.25, 0.3) is 0 Å². The predicted molar refractivity (Wildman–Crippen MR) is 28.0 cm³/mol. The lowest BCUT2D eigenvalue weighted by atomic mass is 10.8. The van der Waals surface area contributed by atoms with E-state index in [1.807, 2.05) is 14.1 Å². The molecule has 0 aromatic heterocycles. The predicted octanol–water partition coefficient (Wildman–Crippen LogP) is -0.123. The molecule has 0 heterocycles. The Hall–Kier alpha value is 0.315. The van der Waals surface area contributed by atoms with Crippen molar-refractivity contribution in [1.82, 2.24) is 5.32 Å². The monoisotopic (exact) mass is 92.0 g/mol. The van der Waals surface area contributed by atoms with Gasteiger partial charge >= 0.3 is 0 Å². The molecule has 5 heavy (non-hydrogen) atoms. The Morgan fingerprint density at radius 2 is 1.20 bits per heavy atom. The summed E-state index contributed by atoms with van der Waals surface area (Å²) in [7, 11) is 3.75. The van der Waals surface area contributed by atoms with E-state index >= 15 is 0 Å². The summed E-state index contributed by atoms with van der Waals surface area (Å²) in [5.41, 5.74) is 0. The highest BCUT2D eigenvalue weighted by Crippen LogP contribution is 0.981. The summed E-state index contributed by atoms with van der Waals surface area (Å²) in [6.07, 6.45) is 0. The van der Waals surface area contributed by atoms with Crippen LogP contribution in [-0.2, 0) is 0 Å². The van der Waals surface area contributed by atoms with Crippen molar-refractivity contribution in [1.29, 1.82) is 0 Å². The van der Waals surface area contributed by atoms with Crippen molar-refractivity contribution in [2.75, 3.05) is 14.1 Å². The lowest BCUT2D eigenvalue weighted by Crippen LogP contribution is -1.89. The summed E-state index contributed by atoms with van der Waals surface area (Å²) in [5.74, 6) is 0. The van der Waals surface area contributed by atoms with E-state index in [0.717, 1.165) is 0 Å². The zero-order chi connectivity index (χ0) is 2.71. The topological polar surface area (TPSA) is 12.0 Å². The van der Waals surface area contributed by atoms with Crippen LogP contribution in [0.2, 0.25) is 0 Å². The van der Waals surface area contributed by atoms with Gasteiger partial charge in [-0.25, -0.2) is 0 Å². The molecule has 0 amide bonds. The van der Waals surface area contributed by atoms with Crippen LogP contribution in [0, 0.1) is 0 Å². The van der Waals surface area contributed by atoms with Gasteiger partial charge in [-0.2, -0.15) is 0 Å². The van der Waals surface area contributed by atoms with E-state index in [2.05, 4.69) is 5.32 Å². The SMILES string of the molecule is CNC.Cl.[B]. The van der Waals surface area contributed by atoms with E-state index in [-0.39, 0.29) is 20.8 Å². The van der Waals surface area contributed by atoms with Crippen LogP contribution < -0.4 is 5.32 Å². The van der Waals surface area contributed by atoms with Crippen molar-refractivity contribution in [2.24, 2.45) is 0 Å². The van der Waals surface area contributed by atoms with E-state index in [9.17, 15) is 0 Å². The maximum absolute atomic E-state index is 2.75. The van der Waals surface area contributed by atoms with Crippen molar-refractivity contribution in [3.63, 3.8) is 0 Å². The minimum atomic E-state index is 0. The Labute approximate surface area is 41.1 Å². The zero-order valence-electron chi connectivity index (χ0n) is 3.49. The van der Waals surface area contributed by atoms with Gasteiger partial charge in [-0.05, 0) is 14.1 Å². The van der Waals surface area contributed by atoms with Crippen LogP contribution >= 0.6 is 12.4 Å². The Balaban J connectivity index is -0.0000000200. The number of rotatable bonds is 0. The van der Waals surface area contributed by atoms with Crippen LogP contribution in [0.5, 0.6) is 0 Å². The molecule has 0 fully saturated rings. The van der Waals surface area contributed by atoms with E-state index in [4.69, 9.17) is 0 Å². The van der Waals surface area contributed by atoms with Crippen LogP contribution in [0.4, 0.5) is 0 Å². The summed E-state index contributed by atoms with van der Waals surface area (Å²) < 4.78 is 0. The molecule has 0 spiro atoms. The quantitative estimate of drug-likeness (QED) is 0.411. The molecule has 1 N–H and O–H groups in total. The summed E-state index contributed by atoms with van der Waals surface area (Å²) in [6, 6.07) is 0. The van der Waals surface area contributed by atoms with Gasteiger partial charge in [0.05, 0.1) is 0 Å². The second kappa shape index (κ2) is 27.4. The number of nitrogens with one attached hydrogen (secondary N) is 1. The molecular weight excluding hydrogens is 84.3 g/mol. The van der Waals surface area contributed by atoms with E-state index in [0.29, 0.717) is 0 Å². The van der Waals surface area contributed by atoms with Crippen LogP contribution in [0.1, 0.15) is 0 Å². The van der Waals surface area contributed by atoms with Crippen LogP contribution in [0.15, 0.2) is 0 Å². The normalized spacial score (nSPS) is 3.60.